The average Bonchev–Trinajstić information content (AvgIpc) is 2.85. The summed E-state index contributed by atoms with van der Waals surface area (Å²) in [5, 5.41) is 0. The standard InChI is InChI=1S/C10H10O/c11-7-9-6-10(9)8-4-2-1-3-5-8/h1-5,7,9-10H,6H2/t9-,10+/m1/s1. The van der Waals surface area contributed by atoms with Gasteiger partial charge in [0.1, 0.15) is 6.29 Å². The second-order valence-electron chi connectivity index (χ2n) is 3.05. The van der Waals surface area contributed by atoms with Gasteiger partial charge in [-0.3, -0.25) is 0 Å². The summed E-state index contributed by atoms with van der Waals surface area (Å²) in [4.78, 5) is 10.4. The molecular weight excluding hydrogens is 136 g/mol. The van der Waals surface area contributed by atoms with Crippen molar-refractivity contribution in [1.29, 1.82) is 0 Å². The van der Waals surface area contributed by atoms with Gasteiger partial charge in [-0.25, -0.2) is 0 Å². The fraction of sp³-hybridized carbons (Fsp3) is 0.300. The molecule has 2 atom stereocenters. The van der Waals surface area contributed by atoms with E-state index in [1.165, 1.54) is 5.56 Å². The predicted octanol–water partition coefficient (Wildman–Crippen LogP) is 1.99. The van der Waals surface area contributed by atoms with Gasteiger partial charge < -0.3 is 4.79 Å². The molecule has 1 nitrogen and oxygen atoms in total. The van der Waals surface area contributed by atoms with E-state index < -0.39 is 0 Å². The van der Waals surface area contributed by atoms with E-state index in [1.807, 2.05) is 18.2 Å². The molecule has 0 bridgehead atoms. The number of carbonyl (C=O) groups is 1. The minimum Gasteiger partial charge on any atom is -0.303 e. The van der Waals surface area contributed by atoms with Crippen LogP contribution in [0.2, 0.25) is 0 Å². The molecule has 2 rings (SSSR count). The molecule has 0 saturated heterocycles. The summed E-state index contributed by atoms with van der Waals surface area (Å²) in [5.41, 5.74) is 1.31. The van der Waals surface area contributed by atoms with Crippen LogP contribution in [0.15, 0.2) is 30.3 Å². The lowest BCUT2D eigenvalue weighted by atomic mass is 10.1. The van der Waals surface area contributed by atoms with Gasteiger partial charge in [0.2, 0.25) is 0 Å². The van der Waals surface area contributed by atoms with Gasteiger partial charge in [0, 0.05) is 5.92 Å². The molecule has 1 saturated carbocycles. The van der Waals surface area contributed by atoms with Crippen LogP contribution in [0.1, 0.15) is 17.9 Å². The van der Waals surface area contributed by atoms with Crippen LogP contribution in [-0.4, -0.2) is 6.29 Å². The van der Waals surface area contributed by atoms with Gasteiger partial charge in [-0.05, 0) is 17.9 Å². The maximum absolute atomic E-state index is 10.4. The van der Waals surface area contributed by atoms with Crippen molar-refractivity contribution in [1.82, 2.24) is 0 Å². The molecule has 1 aromatic rings. The number of hydrogen-bond donors (Lipinski definition) is 0. The Morgan fingerprint density at radius 1 is 1.27 bits per heavy atom. The van der Waals surface area contributed by atoms with Crippen LogP contribution >= 0.6 is 0 Å². The minimum atomic E-state index is 0.303. The highest BCUT2D eigenvalue weighted by molar-refractivity contribution is 5.61. The Kier molecular flexibility index (Phi) is 1.50. The summed E-state index contributed by atoms with van der Waals surface area (Å²) in [6.45, 7) is 0. The lowest BCUT2D eigenvalue weighted by molar-refractivity contribution is -0.108. The van der Waals surface area contributed by atoms with E-state index in [9.17, 15) is 4.79 Å². The molecule has 1 aliphatic rings. The SMILES string of the molecule is O=C[C@H]1C[C@H]1c1ccccc1. The maximum Gasteiger partial charge on any atom is 0.123 e. The second-order valence-corrected chi connectivity index (χ2v) is 3.05. The first kappa shape index (κ1) is 6.59. The van der Waals surface area contributed by atoms with Gasteiger partial charge in [-0.1, -0.05) is 30.3 Å². The lowest BCUT2D eigenvalue weighted by Crippen LogP contribution is -1.82. The van der Waals surface area contributed by atoms with Crippen molar-refractivity contribution in [3.63, 3.8) is 0 Å². The van der Waals surface area contributed by atoms with Crippen molar-refractivity contribution in [2.75, 3.05) is 0 Å². The minimum absolute atomic E-state index is 0.303. The topological polar surface area (TPSA) is 17.1 Å². The monoisotopic (exact) mass is 146 g/mol. The van der Waals surface area contributed by atoms with Crippen LogP contribution < -0.4 is 0 Å². The zero-order chi connectivity index (χ0) is 7.68. The smallest absolute Gasteiger partial charge is 0.123 e. The quantitative estimate of drug-likeness (QED) is 0.583. The number of benzene rings is 1. The Labute approximate surface area is 66.0 Å². The molecular formula is C10H10O. The van der Waals surface area contributed by atoms with Crippen molar-refractivity contribution in [2.45, 2.75) is 12.3 Å². The van der Waals surface area contributed by atoms with Crippen molar-refractivity contribution in [3.8, 4) is 0 Å². The van der Waals surface area contributed by atoms with Crippen LogP contribution in [0.4, 0.5) is 0 Å². The molecule has 1 aromatic carbocycles. The van der Waals surface area contributed by atoms with Gasteiger partial charge in [0.25, 0.3) is 0 Å². The highest BCUT2D eigenvalue weighted by Crippen LogP contribution is 2.45. The van der Waals surface area contributed by atoms with Gasteiger partial charge >= 0.3 is 0 Å². The van der Waals surface area contributed by atoms with E-state index in [2.05, 4.69) is 12.1 Å². The third-order valence-corrected chi connectivity index (χ3v) is 2.24. The summed E-state index contributed by atoms with van der Waals surface area (Å²) in [6, 6.07) is 10.2. The van der Waals surface area contributed by atoms with E-state index in [1.54, 1.807) is 0 Å². The Balaban J connectivity index is 2.14. The number of carbonyl (C=O) groups excluding carboxylic acids is 1. The molecule has 0 amide bonds. The van der Waals surface area contributed by atoms with Gasteiger partial charge in [0.15, 0.2) is 0 Å². The fourth-order valence-corrected chi connectivity index (χ4v) is 1.45. The molecule has 0 aliphatic heterocycles. The summed E-state index contributed by atoms with van der Waals surface area (Å²) >= 11 is 0. The zero-order valence-corrected chi connectivity index (χ0v) is 6.23. The molecule has 1 aliphatic carbocycles. The van der Waals surface area contributed by atoms with Crippen molar-refractivity contribution < 1.29 is 4.79 Å². The Morgan fingerprint density at radius 2 is 2.00 bits per heavy atom. The Hall–Kier alpha value is -1.11. The summed E-state index contributed by atoms with van der Waals surface area (Å²) in [5.74, 6) is 0.825. The van der Waals surface area contributed by atoms with E-state index in [0.29, 0.717) is 11.8 Å². The normalized spacial score (nSPS) is 28.0. The van der Waals surface area contributed by atoms with Crippen LogP contribution in [0.25, 0.3) is 0 Å². The number of rotatable bonds is 2. The van der Waals surface area contributed by atoms with Crippen molar-refractivity contribution >= 4 is 6.29 Å². The number of aldehydes is 1. The zero-order valence-electron chi connectivity index (χ0n) is 6.23. The first-order chi connectivity index (χ1) is 5.42. The third-order valence-electron chi connectivity index (χ3n) is 2.24. The molecule has 0 spiro atoms. The van der Waals surface area contributed by atoms with Crippen LogP contribution in [0.5, 0.6) is 0 Å². The third kappa shape index (κ3) is 1.18. The maximum atomic E-state index is 10.4. The molecule has 56 valence electrons. The Morgan fingerprint density at radius 3 is 2.55 bits per heavy atom. The average molecular weight is 146 g/mol. The second kappa shape index (κ2) is 2.50. The van der Waals surface area contributed by atoms with Gasteiger partial charge in [0.05, 0.1) is 0 Å². The summed E-state index contributed by atoms with van der Waals surface area (Å²) in [7, 11) is 0. The van der Waals surface area contributed by atoms with Gasteiger partial charge in [-0.2, -0.15) is 0 Å². The highest BCUT2D eigenvalue weighted by atomic mass is 16.1. The molecule has 11 heavy (non-hydrogen) atoms. The molecule has 0 heterocycles. The largest absolute Gasteiger partial charge is 0.303 e. The molecule has 0 N–H and O–H groups in total. The van der Waals surface area contributed by atoms with Crippen LogP contribution in [0.3, 0.4) is 0 Å². The van der Waals surface area contributed by atoms with E-state index in [4.69, 9.17) is 0 Å². The lowest BCUT2D eigenvalue weighted by Gasteiger charge is -1.94. The summed E-state index contributed by atoms with van der Waals surface area (Å²) < 4.78 is 0. The highest BCUT2D eigenvalue weighted by Gasteiger charge is 2.37. The molecule has 0 radical (unpaired) electrons. The first-order valence-corrected chi connectivity index (χ1v) is 3.92. The van der Waals surface area contributed by atoms with Crippen LogP contribution in [-0.2, 0) is 4.79 Å². The first-order valence-electron chi connectivity index (χ1n) is 3.92. The van der Waals surface area contributed by atoms with Crippen molar-refractivity contribution in [3.05, 3.63) is 35.9 Å². The Bertz CT molecular complexity index is 253. The van der Waals surface area contributed by atoms with Crippen molar-refractivity contribution in [2.24, 2.45) is 5.92 Å². The fourth-order valence-electron chi connectivity index (χ4n) is 1.45. The van der Waals surface area contributed by atoms with E-state index in [-0.39, 0.29) is 0 Å². The van der Waals surface area contributed by atoms with E-state index >= 15 is 0 Å². The molecule has 1 fully saturated rings. The molecule has 0 unspecified atom stereocenters. The number of hydrogen-bond acceptors (Lipinski definition) is 1. The summed E-state index contributed by atoms with van der Waals surface area (Å²) in [6.07, 6.45) is 2.12. The predicted molar refractivity (Wildman–Crippen MR) is 43.4 cm³/mol. The molecule has 1 heteroatoms. The van der Waals surface area contributed by atoms with Gasteiger partial charge in [-0.15, -0.1) is 0 Å². The van der Waals surface area contributed by atoms with Crippen LogP contribution in [0, 0.1) is 5.92 Å². The van der Waals surface area contributed by atoms with E-state index in [0.717, 1.165) is 12.7 Å². The molecule has 0 aromatic heterocycles.